The fourth-order valence-electron chi connectivity index (χ4n) is 1.92. The standard InChI is InChI=1S/C14H13N5O/c15-14(18-20)13-4-2-1-3-12(13)11-7-5-10(6-8-11)9-17-19-16/h1-8,20H,9H2,(H2,15,18). The summed E-state index contributed by atoms with van der Waals surface area (Å²) in [7, 11) is 0. The number of hydrogen-bond acceptors (Lipinski definition) is 3. The van der Waals surface area contributed by atoms with Crippen molar-refractivity contribution in [1.29, 1.82) is 0 Å². The lowest BCUT2D eigenvalue weighted by Crippen LogP contribution is -2.14. The van der Waals surface area contributed by atoms with Gasteiger partial charge in [-0.25, -0.2) is 0 Å². The monoisotopic (exact) mass is 267 g/mol. The zero-order valence-electron chi connectivity index (χ0n) is 10.6. The van der Waals surface area contributed by atoms with Gasteiger partial charge in [-0.15, -0.1) is 0 Å². The Bertz CT molecular complexity index is 672. The van der Waals surface area contributed by atoms with Crippen LogP contribution in [0.3, 0.4) is 0 Å². The minimum Gasteiger partial charge on any atom is -0.409 e. The molecule has 0 radical (unpaired) electrons. The molecule has 2 aromatic rings. The van der Waals surface area contributed by atoms with E-state index < -0.39 is 0 Å². The van der Waals surface area contributed by atoms with Crippen LogP contribution in [0.2, 0.25) is 0 Å². The summed E-state index contributed by atoms with van der Waals surface area (Å²) in [6.07, 6.45) is 0. The second-order valence-electron chi connectivity index (χ2n) is 4.12. The fourth-order valence-corrected chi connectivity index (χ4v) is 1.92. The Morgan fingerprint density at radius 2 is 1.85 bits per heavy atom. The number of benzene rings is 2. The summed E-state index contributed by atoms with van der Waals surface area (Å²) in [5.74, 6) is 0.0683. The third-order valence-corrected chi connectivity index (χ3v) is 2.89. The van der Waals surface area contributed by atoms with Crippen LogP contribution in [0.1, 0.15) is 11.1 Å². The Morgan fingerprint density at radius 3 is 2.50 bits per heavy atom. The van der Waals surface area contributed by atoms with Crippen molar-refractivity contribution in [2.24, 2.45) is 16.0 Å². The van der Waals surface area contributed by atoms with E-state index in [0.29, 0.717) is 12.1 Å². The lowest BCUT2D eigenvalue weighted by atomic mass is 9.98. The van der Waals surface area contributed by atoms with Crippen LogP contribution >= 0.6 is 0 Å². The maximum atomic E-state index is 8.82. The average Bonchev–Trinajstić information content (AvgIpc) is 2.52. The van der Waals surface area contributed by atoms with Crippen molar-refractivity contribution < 1.29 is 5.21 Å². The molecular formula is C14H13N5O. The van der Waals surface area contributed by atoms with E-state index in [9.17, 15) is 0 Å². The maximum absolute atomic E-state index is 8.82. The first-order chi connectivity index (χ1) is 9.76. The van der Waals surface area contributed by atoms with Gasteiger partial charge in [0, 0.05) is 10.5 Å². The van der Waals surface area contributed by atoms with Gasteiger partial charge in [-0.2, -0.15) is 0 Å². The molecule has 0 saturated heterocycles. The van der Waals surface area contributed by atoms with E-state index in [1.54, 1.807) is 6.07 Å². The highest BCUT2D eigenvalue weighted by molar-refractivity contribution is 6.03. The molecule has 0 atom stereocenters. The van der Waals surface area contributed by atoms with Crippen LogP contribution in [-0.4, -0.2) is 11.0 Å². The van der Waals surface area contributed by atoms with Crippen LogP contribution < -0.4 is 5.73 Å². The van der Waals surface area contributed by atoms with E-state index in [2.05, 4.69) is 15.2 Å². The van der Waals surface area contributed by atoms with Crippen molar-refractivity contribution >= 4 is 5.84 Å². The number of rotatable bonds is 4. The van der Waals surface area contributed by atoms with Gasteiger partial charge in [-0.3, -0.25) is 0 Å². The van der Waals surface area contributed by atoms with Crippen molar-refractivity contribution in [1.82, 2.24) is 0 Å². The minimum absolute atomic E-state index is 0.0683. The quantitative estimate of drug-likeness (QED) is 0.169. The first-order valence-corrected chi connectivity index (χ1v) is 5.93. The Morgan fingerprint density at radius 1 is 1.15 bits per heavy atom. The first kappa shape index (κ1) is 13.5. The maximum Gasteiger partial charge on any atom is 0.170 e. The van der Waals surface area contributed by atoms with Crippen LogP contribution in [-0.2, 0) is 6.54 Å². The third kappa shape index (κ3) is 2.88. The molecule has 6 heteroatoms. The molecule has 2 aromatic carbocycles. The van der Waals surface area contributed by atoms with Gasteiger partial charge in [0.15, 0.2) is 5.84 Å². The Hall–Kier alpha value is -2.98. The summed E-state index contributed by atoms with van der Waals surface area (Å²) in [5.41, 5.74) is 17.4. The van der Waals surface area contributed by atoms with E-state index in [1.807, 2.05) is 42.5 Å². The number of azide groups is 1. The molecule has 2 rings (SSSR count). The molecule has 0 unspecified atom stereocenters. The molecule has 0 aromatic heterocycles. The second-order valence-corrected chi connectivity index (χ2v) is 4.12. The number of hydrogen-bond donors (Lipinski definition) is 2. The molecule has 0 spiro atoms. The minimum atomic E-state index is 0.0683. The zero-order chi connectivity index (χ0) is 14.4. The lowest BCUT2D eigenvalue weighted by molar-refractivity contribution is 0.318. The average molecular weight is 267 g/mol. The second kappa shape index (κ2) is 6.26. The predicted octanol–water partition coefficient (Wildman–Crippen LogP) is 3.26. The number of nitrogens with zero attached hydrogens (tertiary/aromatic N) is 4. The van der Waals surface area contributed by atoms with Gasteiger partial charge in [-0.1, -0.05) is 58.8 Å². The third-order valence-electron chi connectivity index (χ3n) is 2.89. The summed E-state index contributed by atoms with van der Waals surface area (Å²) in [4.78, 5) is 2.72. The summed E-state index contributed by atoms with van der Waals surface area (Å²) in [6.45, 7) is 0.318. The highest BCUT2D eigenvalue weighted by atomic mass is 16.4. The SMILES string of the molecule is [N-]=[N+]=NCc1ccc(-c2ccccc2C(N)=NO)cc1. The molecule has 0 aliphatic carbocycles. The summed E-state index contributed by atoms with van der Waals surface area (Å²) < 4.78 is 0. The molecule has 20 heavy (non-hydrogen) atoms. The van der Waals surface area contributed by atoms with E-state index in [0.717, 1.165) is 16.7 Å². The van der Waals surface area contributed by atoms with Crippen LogP contribution in [0.5, 0.6) is 0 Å². The molecule has 3 N–H and O–H groups in total. The van der Waals surface area contributed by atoms with E-state index in [4.69, 9.17) is 16.5 Å². The van der Waals surface area contributed by atoms with Crippen LogP contribution in [0.4, 0.5) is 0 Å². The first-order valence-electron chi connectivity index (χ1n) is 5.93. The molecule has 0 fully saturated rings. The molecule has 0 heterocycles. The van der Waals surface area contributed by atoms with Gasteiger partial charge in [0.05, 0.1) is 6.54 Å². The Labute approximate surface area is 115 Å². The Balaban J connectivity index is 2.39. The summed E-state index contributed by atoms with van der Waals surface area (Å²) in [6, 6.07) is 15.0. The van der Waals surface area contributed by atoms with Gasteiger partial charge in [0.1, 0.15) is 0 Å². The normalized spacial score (nSPS) is 10.9. The Kier molecular flexibility index (Phi) is 4.21. The molecule has 0 aliphatic rings. The van der Waals surface area contributed by atoms with E-state index >= 15 is 0 Å². The highest BCUT2D eigenvalue weighted by Crippen LogP contribution is 2.24. The number of oxime groups is 1. The van der Waals surface area contributed by atoms with Gasteiger partial charge < -0.3 is 10.9 Å². The van der Waals surface area contributed by atoms with Crippen LogP contribution in [0.15, 0.2) is 58.8 Å². The van der Waals surface area contributed by atoms with Crippen molar-refractivity contribution in [3.05, 3.63) is 70.1 Å². The number of nitrogens with two attached hydrogens (primary N) is 1. The van der Waals surface area contributed by atoms with E-state index in [1.165, 1.54) is 0 Å². The largest absolute Gasteiger partial charge is 0.409 e. The lowest BCUT2D eigenvalue weighted by Gasteiger charge is -2.08. The van der Waals surface area contributed by atoms with E-state index in [-0.39, 0.29) is 5.84 Å². The zero-order valence-corrected chi connectivity index (χ0v) is 10.6. The molecule has 0 saturated carbocycles. The number of amidine groups is 1. The van der Waals surface area contributed by atoms with Crippen molar-refractivity contribution in [2.45, 2.75) is 6.54 Å². The fraction of sp³-hybridized carbons (Fsp3) is 0.0714. The van der Waals surface area contributed by atoms with Gasteiger partial charge in [-0.05, 0) is 22.2 Å². The van der Waals surface area contributed by atoms with Gasteiger partial charge in [0.2, 0.25) is 0 Å². The molecule has 0 bridgehead atoms. The summed E-state index contributed by atoms with van der Waals surface area (Å²) >= 11 is 0. The van der Waals surface area contributed by atoms with Gasteiger partial charge in [0.25, 0.3) is 0 Å². The van der Waals surface area contributed by atoms with Crippen molar-refractivity contribution in [3.63, 3.8) is 0 Å². The van der Waals surface area contributed by atoms with Gasteiger partial charge >= 0.3 is 0 Å². The van der Waals surface area contributed by atoms with Crippen LogP contribution in [0.25, 0.3) is 21.6 Å². The molecule has 0 aliphatic heterocycles. The molecule has 100 valence electrons. The highest BCUT2D eigenvalue weighted by Gasteiger charge is 2.08. The summed E-state index contributed by atoms with van der Waals surface area (Å²) in [5, 5.41) is 15.4. The van der Waals surface area contributed by atoms with Crippen LogP contribution in [0, 0.1) is 0 Å². The smallest absolute Gasteiger partial charge is 0.170 e. The topological polar surface area (TPSA) is 107 Å². The van der Waals surface area contributed by atoms with Crippen molar-refractivity contribution in [3.8, 4) is 11.1 Å². The predicted molar refractivity (Wildman–Crippen MR) is 77.2 cm³/mol. The molecule has 0 amide bonds. The molecule has 6 nitrogen and oxygen atoms in total. The molecular weight excluding hydrogens is 254 g/mol. The van der Waals surface area contributed by atoms with Crippen molar-refractivity contribution in [2.75, 3.05) is 0 Å².